The van der Waals surface area contributed by atoms with Crippen molar-refractivity contribution in [3.63, 3.8) is 0 Å². The first-order valence-electron chi connectivity index (χ1n) is 9.53. The van der Waals surface area contributed by atoms with Gasteiger partial charge < -0.3 is 10.3 Å². The van der Waals surface area contributed by atoms with Crippen LogP contribution in [0.25, 0.3) is 16.7 Å². The number of para-hydroxylation sites is 1. The number of hydrogen-bond acceptors (Lipinski definition) is 3. The van der Waals surface area contributed by atoms with Crippen LogP contribution in [0.15, 0.2) is 65.5 Å². The molecule has 2 heterocycles. The summed E-state index contributed by atoms with van der Waals surface area (Å²) >= 11 is 6.03. The molecule has 4 rings (SSSR count). The standard InChI is InChI=1S/C23H23ClN4O/c1-23(2,3)20-19-13-15(14-25-17-7-5-4-6-8-17)22(29)26-21(19)28(27-20)18-11-9-16(24)10-12-18/h4-13,25H,14H2,1-3H3,(H,26,29). The lowest BCUT2D eigenvalue weighted by atomic mass is 9.90. The molecule has 0 atom stereocenters. The van der Waals surface area contributed by atoms with Gasteiger partial charge in [-0.25, -0.2) is 4.68 Å². The van der Waals surface area contributed by atoms with E-state index in [4.69, 9.17) is 16.7 Å². The van der Waals surface area contributed by atoms with E-state index in [1.807, 2.05) is 60.7 Å². The van der Waals surface area contributed by atoms with Crippen molar-refractivity contribution in [2.45, 2.75) is 32.7 Å². The summed E-state index contributed by atoms with van der Waals surface area (Å²) in [5, 5.41) is 9.75. The molecule has 0 radical (unpaired) electrons. The molecule has 2 aromatic heterocycles. The molecule has 0 saturated carbocycles. The Balaban J connectivity index is 1.82. The number of rotatable bonds is 4. The van der Waals surface area contributed by atoms with Crippen molar-refractivity contribution in [1.82, 2.24) is 14.8 Å². The molecule has 6 heteroatoms. The fourth-order valence-electron chi connectivity index (χ4n) is 3.32. The van der Waals surface area contributed by atoms with E-state index in [0.29, 0.717) is 22.8 Å². The molecular weight excluding hydrogens is 384 g/mol. The molecular formula is C23H23ClN4O. The van der Waals surface area contributed by atoms with Gasteiger partial charge in [-0.05, 0) is 42.5 Å². The number of nitrogens with zero attached hydrogens (tertiary/aromatic N) is 2. The van der Waals surface area contributed by atoms with E-state index in [0.717, 1.165) is 22.5 Å². The SMILES string of the molecule is CC(C)(C)c1nn(-c2ccc(Cl)cc2)c2[nH]c(=O)c(CNc3ccccc3)cc12. The number of benzene rings is 2. The predicted molar refractivity (Wildman–Crippen MR) is 119 cm³/mol. The van der Waals surface area contributed by atoms with Crippen LogP contribution in [0.2, 0.25) is 5.02 Å². The average Bonchev–Trinajstić information content (AvgIpc) is 3.06. The molecule has 0 aliphatic carbocycles. The van der Waals surface area contributed by atoms with Gasteiger partial charge in [-0.2, -0.15) is 5.10 Å². The van der Waals surface area contributed by atoms with Crippen molar-refractivity contribution < 1.29 is 0 Å². The zero-order valence-corrected chi connectivity index (χ0v) is 17.4. The quantitative estimate of drug-likeness (QED) is 0.484. The number of hydrogen-bond donors (Lipinski definition) is 2. The van der Waals surface area contributed by atoms with E-state index >= 15 is 0 Å². The van der Waals surface area contributed by atoms with Crippen LogP contribution in [0.1, 0.15) is 32.0 Å². The third-order valence-electron chi connectivity index (χ3n) is 4.80. The van der Waals surface area contributed by atoms with Crippen LogP contribution in [0.4, 0.5) is 5.69 Å². The van der Waals surface area contributed by atoms with Crippen molar-refractivity contribution in [1.29, 1.82) is 0 Å². The van der Waals surface area contributed by atoms with Crippen molar-refractivity contribution in [2.75, 3.05) is 5.32 Å². The molecule has 148 valence electrons. The summed E-state index contributed by atoms with van der Waals surface area (Å²) < 4.78 is 1.78. The zero-order chi connectivity index (χ0) is 20.6. The Hall–Kier alpha value is -3.05. The first-order chi connectivity index (χ1) is 13.8. The molecule has 0 aliphatic rings. The van der Waals surface area contributed by atoms with Gasteiger partial charge in [0, 0.05) is 33.6 Å². The number of fused-ring (bicyclic) bond motifs is 1. The Morgan fingerprint density at radius 1 is 1.07 bits per heavy atom. The summed E-state index contributed by atoms with van der Waals surface area (Å²) in [7, 11) is 0. The number of aromatic nitrogens is 3. The van der Waals surface area contributed by atoms with E-state index in [1.54, 1.807) is 4.68 Å². The van der Waals surface area contributed by atoms with Crippen molar-refractivity contribution in [2.24, 2.45) is 0 Å². The van der Waals surface area contributed by atoms with Gasteiger partial charge in [0.2, 0.25) is 0 Å². The molecule has 2 N–H and O–H groups in total. The maximum atomic E-state index is 12.8. The van der Waals surface area contributed by atoms with Crippen LogP contribution in [-0.4, -0.2) is 14.8 Å². The third kappa shape index (κ3) is 3.91. The Morgan fingerprint density at radius 3 is 2.41 bits per heavy atom. The number of H-pyrrole nitrogens is 1. The second kappa shape index (κ2) is 7.41. The summed E-state index contributed by atoms with van der Waals surface area (Å²) in [6, 6.07) is 19.2. The lowest BCUT2D eigenvalue weighted by molar-refractivity contribution is 0.565. The second-order valence-corrected chi connectivity index (χ2v) is 8.53. The van der Waals surface area contributed by atoms with Gasteiger partial charge in [0.1, 0.15) is 5.65 Å². The lowest BCUT2D eigenvalue weighted by Crippen LogP contribution is -2.17. The molecule has 0 aliphatic heterocycles. The fraction of sp³-hybridized carbons (Fsp3) is 0.217. The molecule has 2 aromatic carbocycles. The Kier molecular flexibility index (Phi) is 4.92. The summed E-state index contributed by atoms with van der Waals surface area (Å²) in [4.78, 5) is 15.8. The minimum atomic E-state index is -0.182. The highest BCUT2D eigenvalue weighted by Gasteiger charge is 2.24. The van der Waals surface area contributed by atoms with Crippen molar-refractivity contribution in [3.05, 3.63) is 87.3 Å². The summed E-state index contributed by atoms with van der Waals surface area (Å²) in [6.45, 7) is 6.79. The first-order valence-corrected chi connectivity index (χ1v) is 9.91. The highest BCUT2D eigenvalue weighted by molar-refractivity contribution is 6.30. The molecule has 0 bridgehead atoms. The van der Waals surface area contributed by atoms with Gasteiger partial charge in [-0.3, -0.25) is 4.79 Å². The van der Waals surface area contributed by atoms with Crippen LogP contribution < -0.4 is 10.9 Å². The minimum absolute atomic E-state index is 0.128. The molecule has 0 unspecified atom stereocenters. The average molecular weight is 407 g/mol. The van der Waals surface area contributed by atoms with Gasteiger partial charge >= 0.3 is 0 Å². The Bertz CT molecular complexity index is 1200. The van der Waals surface area contributed by atoms with Crippen LogP contribution in [-0.2, 0) is 12.0 Å². The van der Waals surface area contributed by atoms with Gasteiger partial charge in [-0.15, -0.1) is 0 Å². The van der Waals surface area contributed by atoms with E-state index in [2.05, 4.69) is 31.1 Å². The Labute approximate surface area is 174 Å². The largest absolute Gasteiger partial charge is 0.381 e. The molecule has 0 fully saturated rings. The summed E-state index contributed by atoms with van der Waals surface area (Å²) in [5.41, 5.74) is 3.79. The molecule has 4 aromatic rings. The topological polar surface area (TPSA) is 62.7 Å². The van der Waals surface area contributed by atoms with Crippen LogP contribution >= 0.6 is 11.6 Å². The maximum absolute atomic E-state index is 12.8. The number of nitrogens with one attached hydrogen (secondary N) is 2. The second-order valence-electron chi connectivity index (χ2n) is 8.09. The van der Waals surface area contributed by atoms with Crippen molar-refractivity contribution >= 4 is 28.3 Å². The van der Waals surface area contributed by atoms with Gasteiger partial charge in [0.05, 0.1) is 11.4 Å². The van der Waals surface area contributed by atoms with E-state index in [9.17, 15) is 4.79 Å². The van der Waals surface area contributed by atoms with Gasteiger partial charge in [0.25, 0.3) is 5.56 Å². The van der Waals surface area contributed by atoms with E-state index in [-0.39, 0.29) is 11.0 Å². The van der Waals surface area contributed by atoms with Crippen LogP contribution in [0.5, 0.6) is 0 Å². The van der Waals surface area contributed by atoms with Gasteiger partial charge in [-0.1, -0.05) is 50.6 Å². The van der Waals surface area contributed by atoms with E-state index < -0.39 is 0 Å². The predicted octanol–water partition coefficient (Wildman–Crippen LogP) is 5.28. The molecule has 0 amide bonds. The highest BCUT2D eigenvalue weighted by atomic mass is 35.5. The number of aromatic amines is 1. The minimum Gasteiger partial charge on any atom is -0.381 e. The number of halogens is 1. The van der Waals surface area contributed by atoms with E-state index in [1.165, 1.54) is 0 Å². The summed E-state index contributed by atoms with van der Waals surface area (Å²) in [6.07, 6.45) is 0. The molecule has 0 spiro atoms. The molecule has 29 heavy (non-hydrogen) atoms. The van der Waals surface area contributed by atoms with Gasteiger partial charge in [0.15, 0.2) is 0 Å². The number of anilines is 1. The smallest absolute Gasteiger partial charge is 0.254 e. The number of pyridine rings is 1. The first kappa shape index (κ1) is 19.3. The fourth-order valence-corrected chi connectivity index (χ4v) is 3.45. The molecule has 5 nitrogen and oxygen atoms in total. The lowest BCUT2D eigenvalue weighted by Gasteiger charge is -2.15. The monoisotopic (exact) mass is 406 g/mol. The van der Waals surface area contributed by atoms with Crippen LogP contribution in [0, 0.1) is 0 Å². The highest BCUT2D eigenvalue weighted by Crippen LogP contribution is 2.30. The normalized spacial score (nSPS) is 11.7. The Morgan fingerprint density at radius 2 is 1.76 bits per heavy atom. The van der Waals surface area contributed by atoms with Crippen LogP contribution in [0.3, 0.4) is 0 Å². The maximum Gasteiger partial charge on any atom is 0.254 e. The van der Waals surface area contributed by atoms with Crippen molar-refractivity contribution in [3.8, 4) is 5.69 Å². The molecule has 0 saturated heterocycles. The summed E-state index contributed by atoms with van der Waals surface area (Å²) in [5.74, 6) is 0. The zero-order valence-electron chi connectivity index (χ0n) is 16.7. The third-order valence-corrected chi connectivity index (χ3v) is 5.05.